The molecule has 0 aliphatic rings. The molecule has 0 aliphatic heterocycles. The molecule has 6 heteroatoms. The van der Waals surface area contributed by atoms with Crippen LogP contribution in [0.1, 0.15) is 12.0 Å². The van der Waals surface area contributed by atoms with Crippen molar-refractivity contribution in [2.45, 2.75) is 19.0 Å². The Morgan fingerprint density at radius 1 is 1.41 bits per heavy atom. The van der Waals surface area contributed by atoms with Crippen LogP contribution in [0.4, 0.5) is 0 Å². The van der Waals surface area contributed by atoms with Crippen molar-refractivity contribution in [1.29, 1.82) is 0 Å². The van der Waals surface area contributed by atoms with Gasteiger partial charge in [0.15, 0.2) is 0 Å². The van der Waals surface area contributed by atoms with Crippen LogP contribution in [0.5, 0.6) is 0 Å². The lowest BCUT2D eigenvalue weighted by atomic mass is 10.2. The van der Waals surface area contributed by atoms with Gasteiger partial charge in [-0.2, -0.15) is 0 Å². The molecule has 1 unspecified atom stereocenters. The highest BCUT2D eigenvalue weighted by Crippen LogP contribution is 2.14. The van der Waals surface area contributed by atoms with Crippen LogP contribution in [0.3, 0.4) is 0 Å². The molecule has 0 saturated carbocycles. The van der Waals surface area contributed by atoms with E-state index in [4.69, 9.17) is 22.4 Å². The molecule has 5 nitrogen and oxygen atoms in total. The maximum Gasteiger partial charge on any atom is 0.305 e. The molecule has 1 rings (SSSR count). The minimum atomic E-state index is -1.11. The number of nitrogens with two attached hydrogens (primary N) is 1. The number of nitrogens with one attached hydrogen (secondary N) is 1. The largest absolute Gasteiger partial charge is 0.481 e. The molecule has 0 saturated heterocycles. The van der Waals surface area contributed by atoms with Crippen molar-refractivity contribution in [3.8, 4) is 0 Å². The van der Waals surface area contributed by atoms with Crippen molar-refractivity contribution in [2.24, 2.45) is 5.73 Å². The molecular weight excluding hydrogens is 244 g/mol. The number of rotatable bonds is 5. The highest BCUT2D eigenvalue weighted by Gasteiger charge is 2.16. The molecular formula is C11H13ClN2O3. The van der Waals surface area contributed by atoms with E-state index < -0.39 is 24.3 Å². The van der Waals surface area contributed by atoms with Crippen LogP contribution in [-0.4, -0.2) is 23.0 Å². The van der Waals surface area contributed by atoms with Crippen molar-refractivity contribution in [1.82, 2.24) is 5.32 Å². The fourth-order valence-electron chi connectivity index (χ4n) is 1.24. The summed E-state index contributed by atoms with van der Waals surface area (Å²) >= 11 is 5.89. The first-order valence-electron chi connectivity index (χ1n) is 4.99. The second-order valence-electron chi connectivity index (χ2n) is 3.51. The van der Waals surface area contributed by atoms with Gasteiger partial charge >= 0.3 is 5.97 Å². The third kappa shape index (κ3) is 4.42. The van der Waals surface area contributed by atoms with Gasteiger partial charge in [-0.15, -0.1) is 0 Å². The number of halogens is 1. The monoisotopic (exact) mass is 256 g/mol. The maximum absolute atomic E-state index is 11.4. The Morgan fingerprint density at radius 2 is 2.06 bits per heavy atom. The van der Waals surface area contributed by atoms with Gasteiger partial charge in [0.2, 0.25) is 5.91 Å². The van der Waals surface area contributed by atoms with Gasteiger partial charge in [0, 0.05) is 11.6 Å². The lowest BCUT2D eigenvalue weighted by molar-refractivity contribution is -0.139. The van der Waals surface area contributed by atoms with E-state index in [-0.39, 0.29) is 6.54 Å². The van der Waals surface area contributed by atoms with Crippen LogP contribution in [0.25, 0.3) is 0 Å². The van der Waals surface area contributed by atoms with Crippen molar-refractivity contribution < 1.29 is 14.7 Å². The molecule has 0 aromatic heterocycles. The van der Waals surface area contributed by atoms with E-state index >= 15 is 0 Å². The Balaban J connectivity index is 2.48. The summed E-state index contributed by atoms with van der Waals surface area (Å²) in [5.74, 6) is -1.61. The van der Waals surface area contributed by atoms with E-state index in [2.05, 4.69) is 5.32 Å². The molecule has 1 aromatic rings. The maximum atomic E-state index is 11.4. The Labute approximate surface area is 104 Å². The zero-order valence-corrected chi connectivity index (χ0v) is 9.78. The molecule has 0 spiro atoms. The van der Waals surface area contributed by atoms with E-state index in [1.165, 1.54) is 0 Å². The number of carboxylic acids is 1. The topological polar surface area (TPSA) is 92.4 Å². The number of amides is 1. The van der Waals surface area contributed by atoms with Crippen LogP contribution in [0.15, 0.2) is 24.3 Å². The van der Waals surface area contributed by atoms with Gasteiger partial charge in [-0.05, 0) is 11.6 Å². The fraction of sp³-hybridized carbons (Fsp3) is 0.273. The van der Waals surface area contributed by atoms with Crippen molar-refractivity contribution in [2.75, 3.05) is 0 Å². The molecule has 17 heavy (non-hydrogen) atoms. The molecule has 0 bridgehead atoms. The van der Waals surface area contributed by atoms with E-state index in [0.29, 0.717) is 5.02 Å². The predicted octanol–water partition coefficient (Wildman–Crippen LogP) is 0.758. The van der Waals surface area contributed by atoms with E-state index in [1.807, 2.05) is 0 Å². The van der Waals surface area contributed by atoms with Crippen LogP contribution in [0, 0.1) is 0 Å². The second-order valence-corrected chi connectivity index (χ2v) is 3.92. The Morgan fingerprint density at radius 3 is 2.65 bits per heavy atom. The number of aliphatic carboxylic acids is 1. The molecule has 1 atom stereocenters. The third-order valence-corrected chi connectivity index (χ3v) is 2.51. The number of benzene rings is 1. The number of carbonyl (C=O) groups excluding carboxylic acids is 1. The highest BCUT2D eigenvalue weighted by molar-refractivity contribution is 6.31. The molecule has 0 aliphatic carbocycles. The normalized spacial score (nSPS) is 11.9. The van der Waals surface area contributed by atoms with Gasteiger partial charge in [0.1, 0.15) is 0 Å². The standard InChI is InChI=1S/C11H13ClN2O3/c12-8-4-2-1-3-7(8)6-14-11(17)9(13)5-10(15)16/h1-4,9H,5-6,13H2,(H,14,17)(H,15,16). The Bertz CT molecular complexity index is 423. The Hall–Kier alpha value is -1.59. The minimum absolute atomic E-state index is 0.228. The van der Waals surface area contributed by atoms with Crippen LogP contribution >= 0.6 is 11.6 Å². The number of carboxylic acid groups (broad SMARTS) is 1. The highest BCUT2D eigenvalue weighted by atomic mass is 35.5. The summed E-state index contributed by atoms with van der Waals surface area (Å²) in [6.07, 6.45) is -0.394. The van der Waals surface area contributed by atoms with Crippen molar-refractivity contribution in [3.63, 3.8) is 0 Å². The minimum Gasteiger partial charge on any atom is -0.481 e. The fourth-order valence-corrected chi connectivity index (χ4v) is 1.44. The molecule has 0 fully saturated rings. The van der Waals surface area contributed by atoms with Crippen molar-refractivity contribution in [3.05, 3.63) is 34.9 Å². The van der Waals surface area contributed by atoms with Crippen molar-refractivity contribution >= 4 is 23.5 Å². The lowest BCUT2D eigenvalue weighted by Crippen LogP contribution is -2.41. The van der Waals surface area contributed by atoms with Gasteiger partial charge in [0.25, 0.3) is 0 Å². The van der Waals surface area contributed by atoms with Crippen LogP contribution in [0.2, 0.25) is 5.02 Å². The number of hydrogen-bond acceptors (Lipinski definition) is 3. The van der Waals surface area contributed by atoms with E-state index in [0.717, 1.165) is 5.56 Å². The molecule has 0 heterocycles. The van der Waals surface area contributed by atoms with E-state index in [9.17, 15) is 9.59 Å². The summed E-state index contributed by atoms with van der Waals surface area (Å²) in [7, 11) is 0. The third-order valence-electron chi connectivity index (χ3n) is 2.14. The summed E-state index contributed by atoms with van der Waals surface area (Å²) < 4.78 is 0. The van der Waals surface area contributed by atoms with Crippen LogP contribution in [-0.2, 0) is 16.1 Å². The van der Waals surface area contributed by atoms with Gasteiger partial charge in [0.05, 0.1) is 12.5 Å². The Kier molecular flexibility index (Phi) is 4.93. The number of carbonyl (C=O) groups is 2. The molecule has 92 valence electrons. The van der Waals surface area contributed by atoms with Gasteiger partial charge in [-0.1, -0.05) is 29.8 Å². The lowest BCUT2D eigenvalue weighted by Gasteiger charge is -2.10. The van der Waals surface area contributed by atoms with Gasteiger partial charge in [-0.3, -0.25) is 9.59 Å². The summed E-state index contributed by atoms with van der Waals surface area (Å²) in [4.78, 5) is 21.8. The summed E-state index contributed by atoms with van der Waals surface area (Å²) in [6, 6.07) is 6.01. The SMILES string of the molecule is NC(CC(=O)O)C(=O)NCc1ccccc1Cl. The quantitative estimate of drug-likeness (QED) is 0.725. The average Bonchev–Trinajstić information content (AvgIpc) is 2.26. The zero-order valence-electron chi connectivity index (χ0n) is 9.02. The van der Waals surface area contributed by atoms with Gasteiger partial charge < -0.3 is 16.2 Å². The smallest absolute Gasteiger partial charge is 0.305 e. The first kappa shape index (κ1) is 13.5. The summed E-state index contributed by atoms with van der Waals surface area (Å²) in [5, 5.41) is 11.6. The second kappa shape index (κ2) is 6.22. The average molecular weight is 257 g/mol. The first-order valence-corrected chi connectivity index (χ1v) is 5.37. The molecule has 4 N–H and O–H groups in total. The summed E-state index contributed by atoms with van der Waals surface area (Å²) in [5.41, 5.74) is 6.15. The first-order chi connectivity index (χ1) is 8.00. The molecule has 0 radical (unpaired) electrons. The van der Waals surface area contributed by atoms with Crippen LogP contribution < -0.4 is 11.1 Å². The molecule has 1 amide bonds. The van der Waals surface area contributed by atoms with Gasteiger partial charge in [-0.25, -0.2) is 0 Å². The summed E-state index contributed by atoms with van der Waals surface area (Å²) in [6.45, 7) is 0.228. The molecule has 1 aromatic carbocycles. The zero-order chi connectivity index (χ0) is 12.8. The number of hydrogen-bond donors (Lipinski definition) is 3. The predicted molar refractivity (Wildman–Crippen MR) is 63.5 cm³/mol. The van der Waals surface area contributed by atoms with E-state index in [1.54, 1.807) is 24.3 Å².